The van der Waals surface area contributed by atoms with Crippen LogP contribution in [0.15, 0.2) is 29.6 Å². The number of aryl methyl sites for hydroxylation is 3. The highest BCUT2D eigenvalue weighted by molar-refractivity contribution is 7.10. The first-order chi connectivity index (χ1) is 13.5. The van der Waals surface area contributed by atoms with Crippen LogP contribution in [0.2, 0.25) is 0 Å². The van der Waals surface area contributed by atoms with Crippen molar-refractivity contribution in [2.45, 2.75) is 65.3 Å². The molecule has 1 fully saturated rings. The van der Waals surface area contributed by atoms with E-state index in [9.17, 15) is 0 Å². The van der Waals surface area contributed by atoms with E-state index in [1.807, 2.05) is 11.3 Å². The smallest absolute Gasteiger partial charge is 0.105 e. The molecule has 0 spiro atoms. The van der Waals surface area contributed by atoms with Gasteiger partial charge in [-0.2, -0.15) is 0 Å². The molecule has 0 radical (unpaired) electrons. The average molecular weight is 398 g/mol. The maximum absolute atomic E-state index is 9.16. The quantitative estimate of drug-likeness (QED) is 0.598. The van der Waals surface area contributed by atoms with E-state index in [2.05, 4.69) is 74.6 Å². The molecule has 2 aromatic rings. The number of likely N-dealkylation sites (N-methyl/N-ethyl adjacent to an activating group) is 1. The Labute approximate surface area is 174 Å². The molecule has 4 heteroatoms. The largest absolute Gasteiger partial charge is 0.330 e. The summed E-state index contributed by atoms with van der Waals surface area (Å²) in [6.07, 6.45) is 4.57. The Morgan fingerprint density at radius 3 is 2.54 bits per heavy atom. The van der Waals surface area contributed by atoms with Crippen LogP contribution in [0.1, 0.15) is 60.1 Å². The highest BCUT2D eigenvalue weighted by Gasteiger charge is 2.37. The number of anilines is 1. The number of thiophene rings is 1. The van der Waals surface area contributed by atoms with E-state index in [0.717, 1.165) is 25.2 Å². The molecule has 0 bridgehead atoms. The normalized spacial score (nSPS) is 19.7. The van der Waals surface area contributed by atoms with Crippen molar-refractivity contribution in [2.75, 3.05) is 18.5 Å². The minimum atomic E-state index is 0.248. The van der Waals surface area contributed by atoms with Crippen molar-refractivity contribution in [3.8, 4) is 0 Å². The van der Waals surface area contributed by atoms with Gasteiger partial charge in [-0.05, 0) is 69.7 Å². The van der Waals surface area contributed by atoms with E-state index in [0.29, 0.717) is 12.0 Å². The van der Waals surface area contributed by atoms with Gasteiger partial charge in [0.15, 0.2) is 0 Å². The van der Waals surface area contributed by atoms with Crippen LogP contribution in [0.25, 0.3) is 0 Å². The van der Waals surface area contributed by atoms with Crippen molar-refractivity contribution < 1.29 is 0 Å². The second-order valence-corrected chi connectivity index (χ2v) is 9.24. The van der Waals surface area contributed by atoms with E-state index in [1.165, 1.54) is 40.1 Å². The van der Waals surface area contributed by atoms with Crippen LogP contribution >= 0.6 is 11.3 Å². The van der Waals surface area contributed by atoms with E-state index in [4.69, 9.17) is 5.41 Å². The summed E-state index contributed by atoms with van der Waals surface area (Å²) in [5.41, 5.74) is 5.12. The fraction of sp³-hybridized carbons (Fsp3) is 0.542. The minimum Gasteiger partial charge on any atom is -0.330 e. The Hall–Kier alpha value is -1.65. The molecule has 3 unspecified atom stereocenters. The van der Waals surface area contributed by atoms with Crippen LogP contribution in [0.4, 0.5) is 5.69 Å². The van der Waals surface area contributed by atoms with Gasteiger partial charge in [-0.3, -0.25) is 5.41 Å². The zero-order valence-corrected chi connectivity index (χ0v) is 18.8. The van der Waals surface area contributed by atoms with E-state index >= 15 is 0 Å². The number of hydrogen-bond acceptors (Lipinski definition) is 3. The molecule has 1 saturated heterocycles. The second-order valence-electron chi connectivity index (χ2n) is 8.26. The molecule has 3 rings (SSSR count). The fourth-order valence-electron chi connectivity index (χ4n) is 5.10. The number of rotatable bonds is 7. The highest BCUT2D eigenvalue weighted by Crippen LogP contribution is 2.38. The summed E-state index contributed by atoms with van der Waals surface area (Å²) in [4.78, 5) is 3.74. The summed E-state index contributed by atoms with van der Waals surface area (Å²) < 4.78 is 0. The number of nitrogens with one attached hydrogen (secondary N) is 2. The summed E-state index contributed by atoms with van der Waals surface area (Å²) in [6, 6.07) is 9.24. The van der Waals surface area contributed by atoms with E-state index in [-0.39, 0.29) is 5.92 Å². The van der Waals surface area contributed by atoms with Gasteiger partial charge >= 0.3 is 0 Å². The second kappa shape index (κ2) is 9.23. The summed E-state index contributed by atoms with van der Waals surface area (Å²) in [6.45, 7) is 9.75. The standard InChI is InChI=1S/C24H35N3S/c1-6-9-19(21-11-8-13-28-21)22(26-5)20-10-7-12-27(24(20)25)23-17(3)14-16(2)15-18(23)4/h8,11,13-15,19-20,22,25-26H,6-7,9-10,12H2,1-5H3. The molecule has 28 heavy (non-hydrogen) atoms. The third-order valence-electron chi connectivity index (χ3n) is 6.15. The van der Waals surface area contributed by atoms with Crippen LogP contribution in [0.3, 0.4) is 0 Å². The Kier molecular flexibility index (Phi) is 6.95. The predicted octanol–water partition coefficient (Wildman–Crippen LogP) is 6.04. The Balaban J connectivity index is 1.92. The van der Waals surface area contributed by atoms with Crippen LogP contribution in [0.5, 0.6) is 0 Å². The zero-order valence-electron chi connectivity index (χ0n) is 18.0. The molecular formula is C24H35N3S. The summed E-state index contributed by atoms with van der Waals surface area (Å²) in [7, 11) is 2.08. The monoisotopic (exact) mass is 397 g/mol. The highest BCUT2D eigenvalue weighted by atomic mass is 32.1. The Bertz CT molecular complexity index is 773. The lowest BCUT2D eigenvalue weighted by molar-refractivity contribution is 0.342. The third kappa shape index (κ3) is 4.18. The lowest BCUT2D eigenvalue weighted by atomic mass is 9.79. The van der Waals surface area contributed by atoms with Gasteiger partial charge in [0.25, 0.3) is 0 Å². The molecule has 152 valence electrons. The molecule has 0 aliphatic carbocycles. The average Bonchev–Trinajstić information content (AvgIpc) is 3.17. The molecule has 0 saturated carbocycles. The molecule has 1 aliphatic heterocycles. The van der Waals surface area contributed by atoms with E-state index < -0.39 is 0 Å². The molecular weight excluding hydrogens is 362 g/mol. The summed E-state index contributed by atoms with van der Waals surface area (Å²) >= 11 is 1.86. The SMILES string of the molecule is CCCC(c1cccs1)C(NC)C1CCCN(c2c(C)cc(C)cc2C)C1=N. The van der Waals surface area contributed by atoms with Gasteiger partial charge in [-0.15, -0.1) is 11.3 Å². The minimum absolute atomic E-state index is 0.248. The van der Waals surface area contributed by atoms with Crippen molar-refractivity contribution in [2.24, 2.45) is 5.92 Å². The van der Waals surface area contributed by atoms with Gasteiger partial charge in [0.1, 0.15) is 5.84 Å². The number of hydrogen-bond donors (Lipinski definition) is 2. The number of benzene rings is 1. The van der Waals surface area contributed by atoms with Gasteiger partial charge in [-0.25, -0.2) is 0 Å². The number of nitrogens with zero attached hydrogens (tertiary/aromatic N) is 1. The summed E-state index contributed by atoms with van der Waals surface area (Å²) in [5.74, 6) is 1.51. The van der Waals surface area contributed by atoms with Crippen LogP contribution in [-0.4, -0.2) is 25.5 Å². The Morgan fingerprint density at radius 1 is 1.25 bits per heavy atom. The van der Waals surface area contributed by atoms with Crippen LogP contribution in [-0.2, 0) is 0 Å². The molecule has 2 N–H and O–H groups in total. The van der Waals surface area contributed by atoms with Gasteiger partial charge < -0.3 is 10.2 Å². The number of amidine groups is 1. The lowest BCUT2D eigenvalue weighted by Crippen LogP contribution is -2.51. The first kappa shape index (κ1) is 21.1. The van der Waals surface area contributed by atoms with Gasteiger partial charge in [0, 0.05) is 35.0 Å². The van der Waals surface area contributed by atoms with E-state index in [1.54, 1.807) is 0 Å². The summed E-state index contributed by atoms with van der Waals surface area (Å²) in [5, 5.41) is 15.0. The molecule has 1 aliphatic rings. The van der Waals surface area contributed by atoms with Crippen LogP contribution < -0.4 is 10.2 Å². The number of piperidine rings is 1. The Morgan fingerprint density at radius 2 is 1.96 bits per heavy atom. The molecule has 2 heterocycles. The molecule has 0 amide bonds. The molecule has 1 aromatic carbocycles. The van der Waals surface area contributed by atoms with Gasteiger partial charge in [0.2, 0.25) is 0 Å². The maximum atomic E-state index is 9.16. The first-order valence-electron chi connectivity index (χ1n) is 10.6. The third-order valence-corrected chi connectivity index (χ3v) is 7.16. The first-order valence-corrected chi connectivity index (χ1v) is 11.5. The van der Waals surface area contributed by atoms with Crippen molar-refractivity contribution in [1.29, 1.82) is 5.41 Å². The molecule has 3 atom stereocenters. The van der Waals surface area contributed by atoms with Crippen molar-refractivity contribution in [1.82, 2.24) is 5.32 Å². The van der Waals surface area contributed by atoms with Gasteiger partial charge in [-0.1, -0.05) is 37.1 Å². The fourth-order valence-corrected chi connectivity index (χ4v) is 6.01. The predicted molar refractivity (Wildman–Crippen MR) is 123 cm³/mol. The molecule has 1 aromatic heterocycles. The van der Waals surface area contributed by atoms with Crippen molar-refractivity contribution in [3.05, 3.63) is 51.2 Å². The van der Waals surface area contributed by atoms with Crippen LogP contribution in [0, 0.1) is 32.1 Å². The van der Waals surface area contributed by atoms with Gasteiger partial charge in [0.05, 0.1) is 0 Å². The zero-order chi connectivity index (χ0) is 20.3. The maximum Gasteiger partial charge on any atom is 0.105 e. The van der Waals surface area contributed by atoms with Crippen molar-refractivity contribution >= 4 is 22.9 Å². The lowest BCUT2D eigenvalue weighted by Gasteiger charge is -2.42. The van der Waals surface area contributed by atoms with Crippen molar-refractivity contribution in [3.63, 3.8) is 0 Å². The topological polar surface area (TPSA) is 39.1 Å². The molecule has 3 nitrogen and oxygen atoms in total.